The molecular formula is C13H23NO3. The molecule has 1 amide bonds. The number of rotatable bonds is 6. The molecule has 1 aliphatic carbocycles. The third kappa shape index (κ3) is 4.36. The molecule has 2 atom stereocenters. The fraction of sp³-hybridized carbons (Fsp3) is 0.846. The topological polar surface area (TPSA) is 66.4 Å². The van der Waals surface area contributed by atoms with Crippen molar-refractivity contribution >= 4 is 11.9 Å². The van der Waals surface area contributed by atoms with Gasteiger partial charge in [-0.25, -0.2) is 4.79 Å². The van der Waals surface area contributed by atoms with Crippen molar-refractivity contribution in [1.82, 2.24) is 5.32 Å². The molecule has 2 N–H and O–H groups in total. The second-order valence-corrected chi connectivity index (χ2v) is 5.12. The minimum absolute atomic E-state index is 0.0278. The molecule has 1 rings (SSSR count). The van der Waals surface area contributed by atoms with Gasteiger partial charge in [0.15, 0.2) is 0 Å². The minimum Gasteiger partial charge on any atom is -0.480 e. The van der Waals surface area contributed by atoms with Crippen LogP contribution >= 0.6 is 0 Å². The highest BCUT2D eigenvalue weighted by atomic mass is 16.4. The van der Waals surface area contributed by atoms with E-state index < -0.39 is 12.0 Å². The number of nitrogens with one attached hydrogen (secondary N) is 1. The Kier molecular flexibility index (Phi) is 5.45. The lowest BCUT2D eigenvalue weighted by atomic mass is 9.98. The molecule has 0 aromatic rings. The van der Waals surface area contributed by atoms with Gasteiger partial charge < -0.3 is 10.4 Å². The number of carbonyl (C=O) groups is 2. The highest BCUT2D eigenvalue weighted by Gasteiger charge is 2.26. The smallest absolute Gasteiger partial charge is 0.326 e. The average Bonchev–Trinajstić information content (AvgIpc) is 2.77. The van der Waals surface area contributed by atoms with Crippen LogP contribution in [0.2, 0.25) is 0 Å². The lowest BCUT2D eigenvalue weighted by Crippen LogP contribution is -2.45. The van der Waals surface area contributed by atoms with Crippen molar-refractivity contribution in [2.45, 2.75) is 58.4 Å². The van der Waals surface area contributed by atoms with E-state index in [-0.39, 0.29) is 11.8 Å². The Bertz CT molecular complexity index is 272. The molecule has 98 valence electrons. The number of carboxylic acids is 1. The van der Waals surface area contributed by atoms with Crippen molar-refractivity contribution in [2.75, 3.05) is 0 Å². The summed E-state index contributed by atoms with van der Waals surface area (Å²) in [4.78, 5) is 22.8. The SMILES string of the molecule is CC[C@@H](C)[C@H](NC(=O)CC1CCCC1)C(=O)O. The third-order valence-electron chi connectivity index (χ3n) is 3.74. The van der Waals surface area contributed by atoms with Crippen LogP contribution in [0, 0.1) is 11.8 Å². The Balaban J connectivity index is 2.43. The Hall–Kier alpha value is -1.06. The van der Waals surface area contributed by atoms with Crippen molar-refractivity contribution in [3.8, 4) is 0 Å². The first kappa shape index (κ1) is 14.0. The van der Waals surface area contributed by atoms with E-state index in [0.717, 1.165) is 19.3 Å². The zero-order valence-corrected chi connectivity index (χ0v) is 10.7. The summed E-state index contributed by atoms with van der Waals surface area (Å²) >= 11 is 0. The van der Waals surface area contributed by atoms with Gasteiger partial charge in [0, 0.05) is 6.42 Å². The molecule has 4 nitrogen and oxygen atoms in total. The summed E-state index contributed by atoms with van der Waals surface area (Å²) in [6.07, 6.45) is 5.85. The van der Waals surface area contributed by atoms with E-state index in [4.69, 9.17) is 5.11 Å². The second kappa shape index (κ2) is 6.62. The quantitative estimate of drug-likeness (QED) is 0.749. The molecule has 0 unspecified atom stereocenters. The van der Waals surface area contributed by atoms with Crippen LogP contribution in [-0.2, 0) is 9.59 Å². The molecule has 0 aromatic heterocycles. The van der Waals surface area contributed by atoms with Gasteiger partial charge in [-0.15, -0.1) is 0 Å². The Morgan fingerprint density at radius 3 is 2.41 bits per heavy atom. The maximum Gasteiger partial charge on any atom is 0.326 e. The van der Waals surface area contributed by atoms with Crippen LogP contribution in [0.3, 0.4) is 0 Å². The largest absolute Gasteiger partial charge is 0.480 e. The van der Waals surface area contributed by atoms with Gasteiger partial charge in [-0.1, -0.05) is 33.1 Å². The monoisotopic (exact) mass is 241 g/mol. The first-order valence-electron chi connectivity index (χ1n) is 6.56. The molecule has 0 aliphatic heterocycles. The molecule has 1 fully saturated rings. The van der Waals surface area contributed by atoms with Crippen LogP contribution in [-0.4, -0.2) is 23.0 Å². The van der Waals surface area contributed by atoms with E-state index in [9.17, 15) is 9.59 Å². The van der Waals surface area contributed by atoms with Crippen LogP contribution < -0.4 is 5.32 Å². The third-order valence-corrected chi connectivity index (χ3v) is 3.74. The zero-order valence-electron chi connectivity index (χ0n) is 10.7. The van der Waals surface area contributed by atoms with Crippen LogP contribution in [0.25, 0.3) is 0 Å². The summed E-state index contributed by atoms with van der Waals surface area (Å²) in [6, 6.07) is -0.742. The maximum atomic E-state index is 11.8. The van der Waals surface area contributed by atoms with Gasteiger partial charge in [-0.2, -0.15) is 0 Å². The molecule has 1 saturated carbocycles. The van der Waals surface area contributed by atoms with Gasteiger partial charge in [0.1, 0.15) is 6.04 Å². The van der Waals surface area contributed by atoms with E-state index in [2.05, 4.69) is 5.32 Å². The standard InChI is InChI=1S/C13H23NO3/c1-3-9(2)12(13(16)17)14-11(15)8-10-6-4-5-7-10/h9-10,12H,3-8H2,1-2H3,(H,14,15)(H,16,17)/t9-,12+/m1/s1. The van der Waals surface area contributed by atoms with Crippen molar-refractivity contribution in [2.24, 2.45) is 11.8 Å². The molecule has 0 spiro atoms. The van der Waals surface area contributed by atoms with Crippen LogP contribution in [0.4, 0.5) is 0 Å². The maximum absolute atomic E-state index is 11.8. The lowest BCUT2D eigenvalue weighted by Gasteiger charge is -2.21. The normalized spacial score (nSPS) is 19.9. The first-order chi connectivity index (χ1) is 8.04. The second-order valence-electron chi connectivity index (χ2n) is 5.12. The Labute approximate surface area is 103 Å². The Morgan fingerprint density at radius 2 is 1.94 bits per heavy atom. The van der Waals surface area contributed by atoms with E-state index in [0.29, 0.717) is 12.3 Å². The van der Waals surface area contributed by atoms with E-state index >= 15 is 0 Å². The number of carboxylic acid groups (broad SMARTS) is 1. The van der Waals surface area contributed by atoms with E-state index in [1.54, 1.807) is 0 Å². The highest BCUT2D eigenvalue weighted by Crippen LogP contribution is 2.27. The molecule has 17 heavy (non-hydrogen) atoms. The van der Waals surface area contributed by atoms with Crippen molar-refractivity contribution < 1.29 is 14.7 Å². The van der Waals surface area contributed by atoms with Gasteiger partial charge >= 0.3 is 5.97 Å². The number of carbonyl (C=O) groups excluding carboxylic acids is 1. The van der Waals surface area contributed by atoms with Crippen molar-refractivity contribution in [3.63, 3.8) is 0 Å². The number of hydrogen-bond acceptors (Lipinski definition) is 2. The average molecular weight is 241 g/mol. The molecule has 1 aliphatic rings. The molecule has 4 heteroatoms. The molecular weight excluding hydrogens is 218 g/mol. The van der Waals surface area contributed by atoms with Crippen LogP contribution in [0.15, 0.2) is 0 Å². The van der Waals surface area contributed by atoms with Gasteiger partial charge in [0.2, 0.25) is 5.91 Å². The zero-order chi connectivity index (χ0) is 12.8. The van der Waals surface area contributed by atoms with Gasteiger partial charge in [0.05, 0.1) is 0 Å². The number of hydrogen-bond donors (Lipinski definition) is 2. The fourth-order valence-electron chi connectivity index (χ4n) is 2.39. The Morgan fingerprint density at radius 1 is 1.35 bits per heavy atom. The predicted molar refractivity (Wildman–Crippen MR) is 65.6 cm³/mol. The highest BCUT2D eigenvalue weighted by molar-refractivity contribution is 5.83. The fourth-order valence-corrected chi connectivity index (χ4v) is 2.39. The first-order valence-corrected chi connectivity index (χ1v) is 6.56. The molecule has 0 heterocycles. The predicted octanol–water partition coefficient (Wildman–Crippen LogP) is 2.18. The summed E-state index contributed by atoms with van der Waals surface area (Å²) in [7, 11) is 0. The molecule has 0 radical (unpaired) electrons. The molecule has 0 saturated heterocycles. The van der Waals surface area contributed by atoms with Gasteiger partial charge in [-0.3, -0.25) is 4.79 Å². The van der Waals surface area contributed by atoms with Crippen molar-refractivity contribution in [3.05, 3.63) is 0 Å². The van der Waals surface area contributed by atoms with E-state index in [1.165, 1.54) is 12.8 Å². The summed E-state index contributed by atoms with van der Waals surface area (Å²) in [5.41, 5.74) is 0. The summed E-state index contributed by atoms with van der Waals surface area (Å²) in [6.45, 7) is 3.79. The summed E-state index contributed by atoms with van der Waals surface area (Å²) in [5, 5.41) is 11.7. The number of aliphatic carboxylic acids is 1. The lowest BCUT2D eigenvalue weighted by molar-refractivity contribution is -0.143. The van der Waals surface area contributed by atoms with Crippen molar-refractivity contribution in [1.29, 1.82) is 0 Å². The van der Waals surface area contributed by atoms with Gasteiger partial charge in [0.25, 0.3) is 0 Å². The van der Waals surface area contributed by atoms with E-state index in [1.807, 2.05) is 13.8 Å². The number of amides is 1. The minimum atomic E-state index is -0.931. The van der Waals surface area contributed by atoms with Crippen LogP contribution in [0.5, 0.6) is 0 Å². The summed E-state index contributed by atoms with van der Waals surface area (Å²) in [5.74, 6) is -0.606. The van der Waals surface area contributed by atoms with Crippen LogP contribution in [0.1, 0.15) is 52.4 Å². The van der Waals surface area contributed by atoms with Gasteiger partial charge in [-0.05, 0) is 24.7 Å². The molecule has 0 aromatic carbocycles. The summed E-state index contributed by atoms with van der Waals surface area (Å²) < 4.78 is 0. The molecule has 0 bridgehead atoms.